The van der Waals surface area contributed by atoms with Gasteiger partial charge in [-0.1, -0.05) is 18.2 Å². The molecule has 1 aliphatic rings. The van der Waals surface area contributed by atoms with Crippen molar-refractivity contribution in [1.82, 2.24) is 9.88 Å². The molecule has 130 valence electrons. The van der Waals surface area contributed by atoms with E-state index in [4.69, 9.17) is 9.47 Å². The summed E-state index contributed by atoms with van der Waals surface area (Å²) in [6, 6.07) is 13.6. The van der Waals surface area contributed by atoms with Gasteiger partial charge in [0.1, 0.15) is 17.3 Å². The van der Waals surface area contributed by atoms with Crippen LogP contribution in [0, 0.1) is 5.82 Å². The van der Waals surface area contributed by atoms with Crippen LogP contribution in [0.3, 0.4) is 0 Å². The summed E-state index contributed by atoms with van der Waals surface area (Å²) in [6.45, 7) is 2.37. The first kappa shape index (κ1) is 16.0. The highest BCUT2D eigenvalue weighted by Crippen LogP contribution is 2.39. The maximum atomic E-state index is 15.0. The molecular formula is C20H21FN2O2. The molecule has 25 heavy (non-hydrogen) atoms. The van der Waals surface area contributed by atoms with Gasteiger partial charge in [0.2, 0.25) is 0 Å². The zero-order valence-electron chi connectivity index (χ0n) is 14.4. The van der Waals surface area contributed by atoms with Gasteiger partial charge in [-0.25, -0.2) is 4.39 Å². The molecule has 1 aliphatic heterocycles. The van der Waals surface area contributed by atoms with Gasteiger partial charge in [-0.2, -0.15) is 0 Å². The fraction of sp³-hybridized carbons (Fsp3) is 0.300. The van der Waals surface area contributed by atoms with E-state index >= 15 is 0 Å². The number of ether oxygens (including phenoxy) is 2. The second kappa shape index (κ2) is 6.41. The van der Waals surface area contributed by atoms with Gasteiger partial charge in [-0.05, 0) is 17.5 Å². The fourth-order valence-corrected chi connectivity index (χ4v) is 3.76. The van der Waals surface area contributed by atoms with Gasteiger partial charge in [0.15, 0.2) is 0 Å². The van der Waals surface area contributed by atoms with Crippen LogP contribution in [0.25, 0.3) is 10.9 Å². The normalized spacial score (nSPS) is 17.2. The molecule has 2 aromatic carbocycles. The molecule has 2 heterocycles. The number of nitrogens with one attached hydrogen (secondary N) is 1. The maximum Gasteiger partial charge on any atom is 0.134 e. The summed E-state index contributed by atoms with van der Waals surface area (Å²) in [4.78, 5) is 0. The molecule has 0 saturated heterocycles. The third-order valence-corrected chi connectivity index (χ3v) is 4.93. The highest BCUT2D eigenvalue weighted by molar-refractivity contribution is 5.82. The Morgan fingerprint density at radius 1 is 1.12 bits per heavy atom. The highest BCUT2D eigenvalue weighted by atomic mass is 19.1. The van der Waals surface area contributed by atoms with Crippen molar-refractivity contribution >= 4 is 10.9 Å². The van der Waals surface area contributed by atoms with Crippen LogP contribution in [0.4, 0.5) is 4.39 Å². The van der Waals surface area contributed by atoms with Gasteiger partial charge in [-0.3, -0.25) is 0 Å². The van der Waals surface area contributed by atoms with Crippen molar-refractivity contribution in [2.45, 2.75) is 12.5 Å². The van der Waals surface area contributed by atoms with Crippen molar-refractivity contribution in [2.75, 3.05) is 27.3 Å². The van der Waals surface area contributed by atoms with E-state index in [2.05, 4.69) is 28.1 Å². The Kier molecular flexibility index (Phi) is 4.09. The average molecular weight is 340 g/mol. The van der Waals surface area contributed by atoms with E-state index in [1.54, 1.807) is 13.2 Å². The van der Waals surface area contributed by atoms with Crippen LogP contribution >= 0.6 is 0 Å². The fourth-order valence-electron chi connectivity index (χ4n) is 3.76. The van der Waals surface area contributed by atoms with Gasteiger partial charge < -0.3 is 19.4 Å². The number of hydrogen-bond acceptors (Lipinski definition) is 3. The van der Waals surface area contributed by atoms with Crippen molar-refractivity contribution < 1.29 is 13.9 Å². The van der Waals surface area contributed by atoms with E-state index in [1.807, 2.05) is 12.1 Å². The summed E-state index contributed by atoms with van der Waals surface area (Å²) < 4.78 is 27.9. The van der Waals surface area contributed by atoms with Gasteiger partial charge >= 0.3 is 0 Å². The SMILES string of the molecule is COc1cc(F)c(C2CNCCn3c2cc2ccccc23)c(OC)c1. The summed E-state index contributed by atoms with van der Waals surface area (Å²) in [6.07, 6.45) is 0. The Labute approximate surface area is 146 Å². The molecule has 0 radical (unpaired) electrons. The molecule has 4 rings (SSSR count). The molecular weight excluding hydrogens is 319 g/mol. The van der Waals surface area contributed by atoms with Crippen LogP contribution in [-0.2, 0) is 6.54 Å². The summed E-state index contributed by atoms with van der Waals surface area (Å²) in [7, 11) is 3.09. The van der Waals surface area contributed by atoms with Gasteiger partial charge in [-0.15, -0.1) is 0 Å². The molecule has 0 fully saturated rings. The molecule has 0 amide bonds. The van der Waals surface area contributed by atoms with Crippen molar-refractivity contribution in [1.29, 1.82) is 0 Å². The minimum atomic E-state index is -0.304. The van der Waals surface area contributed by atoms with Gasteiger partial charge in [0.25, 0.3) is 0 Å². The largest absolute Gasteiger partial charge is 0.497 e. The first-order valence-electron chi connectivity index (χ1n) is 8.43. The zero-order valence-corrected chi connectivity index (χ0v) is 14.4. The lowest BCUT2D eigenvalue weighted by Gasteiger charge is -2.21. The van der Waals surface area contributed by atoms with Crippen LogP contribution in [0.15, 0.2) is 42.5 Å². The first-order chi connectivity index (χ1) is 12.2. The van der Waals surface area contributed by atoms with E-state index in [9.17, 15) is 4.39 Å². The zero-order chi connectivity index (χ0) is 17.4. The van der Waals surface area contributed by atoms with E-state index < -0.39 is 0 Å². The van der Waals surface area contributed by atoms with Gasteiger partial charge in [0, 0.05) is 54.5 Å². The summed E-state index contributed by atoms with van der Waals surface area (Å²) in [5, 5.41) is 4.60. The lowest BCUT2D eigenvalue weighted by molar-refractivity contribution is 0.381. The molecule has 1 atom stereocenters. The topological polar surface area (TPSA) is 35.4 Å². The number of halogens is 1. The molecule has 0 aliphatic carbocycles. The lowest BCUT2D eigenvalue weighted by Crippen LogP contribution is -2.22. The molecule has 0 spiro atoms. The third-order valence-electron chi connectivity index (χ3n) is 4.93. The van der Waals surface area contributed by atoms with Crippen LogP contribution in [0.2, 0.25) is 0 Å². The van der Waals surface area contributed by atoms with Crippen LogP contribution in [0.1, 0.15) is 17.2 Å². The molecule has 1 N–H and O–H groups in total. The molecule has 1 aromatic heterocycles. The Morgan fingerprint density at radius 2 is 1.96 bits per heavy atom. The number of nitrogens with zero attached hydrogens (tertiary/aromatic N) is 1. The molecule has 3 aromatic rings. The minimum Gasteiger partial charge on any atom is -0.497 e. The van der Waals surface area contributed by atoms with Gasteiger partial charge in [0.05, 0.1) is 14.2 Å². The molecule has 4 nitrogen and oxygen atoms in total. The Balaban J connectivity index is 1.92. The summed E-state index contributed by atoms with van der Waals surface area (Å²) in [5.74, 6) is 0.542. The number of hydrogen-bond donors (Lipinski definition) is 1. The third kappa shape index (κ3) is 2.65. The summed E-state index contributed by atoms with van der Waals surface area (Å²) in [5.41, 5.74) is 2.86. The highest BCUT2D eigenvalue weighted by Gasteiger charge is 2.28. The molecule has 5 heteroatoms. The predicted octanol–water partition coefficient (Wildman–Crippen LogP) is 3.53. The van der Waals surface area contributed by atoms with Crippen LogP contribution in [-0.4, -0.2) is 31.9 Å². The number of methoxy groups -OCH3 is 2. The average Bonchev–Trinajstić information content (AvgIpc) is 2.88. The number of benzene rings is 2. The Bertz CT molecular complexity index is 919. The molecule has 0 saturated carbocycles. The smallest absolute Gasteiger partial charge is 0.134 e. The lowest BCUT2D eigenvalue weighted by atomic mass is 9.93. The van der Waals surface area contributed by atoms with Crippen molar-refractivity contribution in [3.05, 3.63) is 59.5 Å². The van der Waals surface area contributed by atoms with Crippen LogP contribution in [0.5, 0.6) is 11.5 Å². The molecule has 0 bridgehead atoms. The second-order valence-corrected chi connectivity index (χ2v) is 6.26. The first-order valence-corrected chi connectivity index (χ1v) is 8.43. The van der Waals surface area contributed by atoms with Crippen molar-refractivity contribution in [3.63, 3.8) is 0 Å². The van der Waals surface area contributed by atoms with E-state index in [0.29, 0.717) is 23.6 Å². The second-order valence-electron chi connectivity index (χ2n) is 6.26. The monoisotopic (exact) mass is 340 g/mol. The van der Waals surface area contributed by atoms with E-state index in [0.717, 1.165) is 18.8 Å². The Hall–Kier alpha value is -2.53. The quantitative estimate of drug-likeness (QED) is 0.792. The van der Waals surface area contributed by atoms with E-state index in [1.165, 1.54) is 24.1 Å². The van der Waals surface area contributed by atoms with Crippen molar-refractivity contribution in [2.24, 2.45) is 0 Å². The minimum absolute atomic E-state index is 0.129. The number of para-hydroxylation sites is 1. The maximum absolute atomic E-state index is 15.0. The number of fused-ring (bicyclic) bond motifs is 3. The van der Waals surface area contributed by atoms with Crippen molar-refractivity contribution in [3.8, 4) is 11.5 Å². The number of rotatable bonds is 3. The standard InChI is InChI=1S/C20H21FN2O2/c1-24-14-10-16(21)20(19(11-14)25-2)15-12-22-7-8-23-17-6-4-3-5-13(17)9-18(15)23/h3-6,9-11,15,22H,7-8,12H2,1-2H3. The van der Waals surface area contributed by atoms with E-state index in [-0.39, 0.29) is 11.7 Å². The van der Waals surface area contributed by atoms with Crippen LogP contribution < -0.4 is 14.8 Å². The molecule has 1 unspecified atom stereocenters. The Morgan fingerprint density at radius 3 is 2.76 bits per heavy atom. The summed E-state index contributed by atoms with van der Waals surface area (Å²) >= 11 is 0. The predicted molar refractivity (Wildman–Crippen MR) is 96.2 cm³/mol. The number of aromatic nitrogens is 1.